The van der Waals surface area contributed by atoms with Gasteiger partial charge in [-0.2, -0.15) is 0 Å². The number of alkyl carbamates (subject to hydrolysis) is 2. The molecule has 0 spiro atoms. The number of nitrogens with zero attached hydrogens (tertiary/aromatic N) is 4. The van der Waals surface area contributed by atoms with E-state index in [-0.39, 0.29) is 101 Å². The fraction of sp³-hybridized carbons (Fsp3) is 0.541. The first-order valence-corrected chi connectivity index (χ1v) is 28.7. The first-order valence-electron chi connectivity index (χ1n) is 28.7. The van der Waals surface area contributed by atoms with Crippen molar-refractivity contribution in [3.05, 3.63) is 99.7 Å². The minimum Gasteiger partial charge on any atom is -0.453 e. The summed E-state index contributed by atoms with van der Waals surface area (Å²) in [6.07, 6.45) is 11.2. The van der Waals surface area contributed by atoms with E-state index in [1.807, 2.05) is 43.6 Å². The van der Waals surface area contributed by atoms with Crippen LogP contribution in [0.3, 0.4) is 0 Å². The monoisotopic (exact) mass is 1090 g/mol. The number of imidazole rings is 2. The summed E-state index contributed by atoms with van der Waals surface area (Å²) >= 11 is 0. The molecule has 11 atom stereocenters. The molecular formula is C61H72F4N8O6. The van der Waals surface area contributed by atoms with Crippen LogP contribution in [-0.2, 0) is 25.5 Å². The van der Waals surface area contributed by atoms with Crippen LogP contribution in [0.1, 0.15) is 170 Å². The Kier molecular flexibility index (Phi) is 15.2. The molecule has 2 saturated heterocycles. The van der Waals surface area contributed by atoms with Crippen LogP contribution in [0.15, 0.2) is 53.9 Å². The van der Waals surface area contributed by atoms with E-state index in [9.17, 15) is 19.2 Å². The van der Waals surface area contributed by atoms with Crippen LogP contribution >= 0.6 is 0 Å². The van der Waals surface area contributed by atoms with Gasteiger partial charge in [-0.3, -0.25) is 9.59 Å². The first kappa shape index (κ1) is 54.2. The van der Waals surface area contributed by atoms with Gasteiger partial charge < -0.3 is 39.9 Å². The average Bonchev–Trinajstić information content (AvgIpc) is 4.27. The number of hydrogen-bond donors (Lipinski definition) is 4. The molecule has 0 unspecified atom stereocenters. The molecule has 5 aromatic rings. The number of rotatable bonds is 12. The van der Waals surface area contributed by atoms with E-state index in [1.54, 1.807) is 18.2 Å². The maximum Gasteiger partial charge on any atom is 0.407 e. The number of likely N-dealkylation sites (tertiary alicyclic amines) is 2. The van der Waals surface area contributed by atoms with Gasteiger partial charge in [-0.25, -0.2) is 37.1 Å². The molecule has 4 N–H and O–H groups in total. The van der Waals surface area contributed by atoms with Crippen LogP contribution in [0, 0.1) is 41.1 Å². The first-order chi connectivity index (χ1) is 38.1. The molecule has 2 aromatic heterocycles. The predicted octanol–water partition coefficient (Wildman–Crippen LogP) is 12.9. The fourth-order valence-corrected chi connectivity index (χ4v) is 14.4. The van der Waals surface area contributed by atoms with E-state index in [0.29, 0.717) is 70.5 Å². The number of ether oxygens (including phenoxy) is 2. The summed E-state index contributed by atoms with van der Waals surface area (Å²) < 4.78 is 78.2. The number of aryl methyl sites for hydroxylation is 1. The molecule has 2 saturated carbocycles. The number of fused-ring (bicyclic) bond motifs is 7. The molecule has 12 rings (SSSR count). The molecule has 4 amide bonds. The van der Waals surface area contributed by atoms with Crippen LogP contribution in [0.2, 0.25) is 0 Å². The topological polar surface area (TPSA) is 175 Å². The van der Waals surface area contributed by atoms with Crippen molar-refractivity contribution in [2.75, 3.05) is 14.2 Å². The van der Waals surface area contributed by atoms with E-state index in [1.165, 1.54) is 32.4 Å². The number of aromatic nitrogens is 4. The van der Waals surface area contributed by atoms with Crippen molar-refractivity contribution < 1.29 is 46.2 Å². The third-order valence-corrected chi connectivity index (χ3v) is 18.9. The number of nitrogens with one attached hydrogen (secondary N) is 4. The molecule has 3 aromatic carbocycles. The molecule has 4 fully saturated rings. The molecule has 2 aliphatic heterocycles. The Morgan fingerprint density at radius 2 is 1.15 bits per heavy atom. The molecule has 18 heteroatoms. The second-order valence-corrected chi connectivity index (χ2v) is 23.3. The summed E-state index contributed by atoms with van der Waals surface area (Å²) in [5.41, 5.74) is 3.20. The Morgan fingerprint density at radius 1 is 0.646 bits per heavy atom. The average molecular weight is 1090 g/mol. The largest absolute Gasteiger partial charge is 0.453 e. The summed E-state index contributed by atoms with van der Waals surface area (Å²) in [5, 5.41) is 5.59. The van der Waals surface area contributed by atoms with Gasteiger partial charge in [0.1, 0.15) is 47.0 Å². The zero-order valence-corrected chi connectivity index (χ0v) is 46.0. The van der Waals surface area contributed by atoms with Crippen LogP contribution < -0.4 is 10.6 Å². The zero-order chi connectivity index (χ0) is 55.6. The number of H-pyrrole nitrogens is 2. The lowest BCUT2D eigenvalue weighted by Gasteiger charge is -2.37. The molecule has 4 bridgehead atoms. The number of carbonyl (C=O) groups is 4. The van der Waals surface area contributed by atoms with Crippen LogP contribution in [-0.4, -0.2) is 92.1 Å². The standard InChI is InChI=1S/C61H72F4N8O6/c1-7-30(3)54(70-60(76)78-5)58(74)72-48-18-11-9-14-33(48)24-50(72)56-66-44-26-38(41(62)28-46(44)68-56)35-16-13-17-37-52-40(22-32(23-43(52)64)20-21-36(35)53(37)65)39-27-45-47(29-42(39)63)69-57(67-45)51-25-34-15-10-12-19-49(34)73(51)59(75)55(31(4)8-2)71-61(77)79-6/h16,22-23,26-31,33-34,37,48-51,54-55H,7-15,17-21,24-25H2,1-6H3,(H,66,68)(H,67,69)(H,70,76)(H,71,77)/t30-,31-,33-,34-,37-,48-,49-,50-,51-,54-,55-/m0/s1. The van der Waals surface area contributed by atoms with Gasteiger partial charge in [-0.15, -0.1) is 0 Å². The zero-order valence-electron chi connectivity index (χ0n) is 46.0. The number of aromatic amines is 2. The van der Waals surface area contributed by atoms with Crippen LogP contribution in [0.5, 0.6) is 0 Å². The van der Waals surface area contributed by atoms with Gasteiger partial charge in [-0.05, 0) is 128 Å². The van der Waals surface area contributed by atoms with Gasteiger partial charge in [-0.1, -0.05) is 78.4 Å². The van der Waals surface area contributed by atoms with E-state index < -0.39 is 65.6 Å². The van der Waals surface area contributed by atoms with Crippen molar-refractivity contribution >= 4 is 51.6 Å². The van der Waals surface area contributed by atoms with Gasteiger partial charge in [0.05, 0.1) is 48.4 Å². The van der Waals surface area contributed by atoms with Crippen LogP contribution in [0.25, 0.3) is 38.8 Å². The van der Waals surface area contributed by atoms with Crippen molar-refractivity contribution in [3.8, 4) is 11.1 Å². The van der Waals surface area contributed by atoms with Gasteiger partial charge in [0.2, 0.25) is 11.8 Å². The summed E-state index contributed by atoms with van der Waals surface area (Å²) in [4.78, 5) is 74.9. The van der Waals surface area contributed by atoms with E-state index in [0.717, 1.165) is 51.4 Å². The molecule has 5 aliphatic carbocycles. The minimum absolute atomic E-state index is 0.0107. The quantitative estimate of drug-likeness (QED) is 0.0893. The van der Waals surface area contributed by atoms with Crippen molar-refractivity contribution in [2.24, 2.45) is 23.7 Å². The van der Waals surface area contributed by atoms with E-state index in [4.69, 9.17) is 19.4 Å². The summed E-state index contributed by atoms with van der Waals surface area (Å²) in [6.45, 7) is 7.78. The Morgan fingerprint density at radius 3 is 1.67 bits per heavy atom. The van der Waals surface area contributed by atoms with Crippen molar-refractivity contribution in [1.29, 1.82) is 0 Å². The predicted molar refractivity (Wildman–Crippen MR) is 291 cm³/mol. The molecular weight excluding hydrogens is 1020 g/mol. The lowest BCUT2D eigenvalue weighted by molar-refractivity contribution is -0.139. The second kappa shape index (κ2) is 22.1. The minimum atomic E-state index is -1.12. The number of amides is 4. The van der Waals surface area contributed by atoms with Crippen molar-refractivity contribution in [3.63, 3.8) is 0 Å². The SMILES string of the molecule is CC[C@H](C)[C@H](NC(=O)OC)C(=O)N1[C@H](c2nc3cc(C4=CCC[C@@H]5C(F)=C4CCc4cc(F)c5c(-c5cc6nc([C@@H]7C[C@@H]8CCCC[C@@H]8N7C(=O)[C@@H](NC(=O)OC)[C@@H](C)CC)[nH]c6cc5F)c4)c(F)cc3[nH]2)C[C@@H]2CCCC[C@@H]21. The Balaban J connectivity index is 0.915. The third-order valence-electron chi connectivity index (χ3n) is 18.9. The molecule has 0 radical (unpaired) electrons. The van der Waals surface area contributed by atoms with Crippen molar-refractivity contribution in [1.82, 2.24) is 40.4 Å². The van der Waals surface area contributed by atoms with Crippen LogP contribution in [0.4, 0.5) is 27.2 Å². The maximum atomic E-state index is 17.8. The third kappa shape index (κ3) is 9.86. The lowest BCUT2D eigenvalue weighted by Crippen LogP contribution is -2.54. The molecule has 79 heavy (non-hydrogen) atoms. The number of hydrogen-bond acceptors (Lipinski definition) is 8. The molecule has 4 heterocycles. The lowest BCUT2D eigenvalue weighted by atomic mass is 9.84. The Hall–Kier alpha value is -6.72. The second-order valence-electron chi connectivity index (χ2n) is 23.3. The number of halogens is 4. The highest BCUT2D eigenvalue weighted by Gasteiger charge is 2.50. The summed E-state index contributed by atoms with van der Waals surface area (Å²) in [7, 11) is 2.54. The Labute approximate surface area is 457 Å². The Bertz CT molecular complexity index is 3280. The highest BCUT2D eigenvalue weighted by Crippen LogP contribution is 2.51. The molecule has 7 aliphatic rings. The number of benzene rings is 3. The smallest absolute Gasteiger partial charge is 0.407 e. The van der Waals surface area contributed by atoms with E-state index in [2.05, 4.69) is 20.6 Å². The molecule has 14 nitrogen and oxygen atoms in total. The highest BCUT2D eigenvalue weighted by molar-refractivity contribution is 5.90. The normalized spacial score (nSPS) is 25.3. The number of methoxy groups -OCH3 is 2. The van der Waals surface area contributed by atoms with Gasteiger partial charge in [0, 0.05) is 46.8 Å². The summed E-state index contributed by atoms with van der Waals surface area (Å²) in [6, 6.07) is 6.29. The highest BCUT2D eigenvalue weighted by atomic mass is 19.1. The summed E-state index contributed by atoms with van der Waals surface area (Å²) in [5.74, 6) is -3.02. The number of carbonyl (C=O) groups excluding carboxylic acids is 4. The maximum absolute atomic E-state index is 17.8. The fourth-order valence-electron chi connectivity index (χ4n) is 14.4. The van der Waals surface area contributed by atoms with E-state index >= 15 is 17.6 Å². The molecule has 420 valence electrons. The van der Waals surface area contributed by atoms with Gasteiger partial charge >= 0.3 is 12.2 Å². The number of allylic oxidation sites excluding steroid dienone is 4. The van der Waals surface area contributed by atoms with Gasteiger partial charge in [0.25, 0.3) is 0 Å². The van der Waals surface area contributed by atoms with Gasteiger partial charge in [0.15, 0.2) is 0 Å². The van der Waals surface area contributed by atoms with Crippen molar-refractivity contribution in [2.45, 2.75) is 173 Å².